The van der Waals surface area contributed by atoms with Gasteiger partial charge in [0, 0.05) is 10.6 Å². The second kappa shape index (κ2) is 7.34. The van der Waals surface area contributed by atoms with Crippen LogP contribution in [0.2, 0.25) is 5.02 Å². The van der Waals surface area contributed by atoms with Gasteiger partial charge in [-0.1, -0.05) is 41.1 Å². The lowest BCUT2D eigenvalue weighted by atomic mass is 10.2. The van der Waals surface area contributed by atoms with Gasteiger partial charge in [-0.2, -0.15) is 4.52 Å². The van der Waals surface area contributed by atoms with Gasteiger partial charge in [0.2, 0.25) is 10.1 Å². The summed E-state index contributed by atoms with van der Waals surface area (Å²) in [5.74, 6) is 0.909. The van der Waals surface area contributed by atoms with Gasteiger partial charge in [0.25, 0.3) is 5.91 Å². The van der Waals surface area contributed by atoms with Crippen molar-refractivity contribution in [2.24, 2.45) is 0 Å². The molecule has 2 aromatic heterocycles. The van der Waals surface area contributed by atoms with Crippen LogP contribution in [0.15, 0.2) is 54.6 Å². The predicted octanol–water partition coefficient (Wildman–Crippen LogP) is 3.91. The molecule has 0 aliphatic heterocycles. The van der Waals surface area contributed by atoms with Crippen LogP contribution in [-0.4, -0.2) is 31.8 Å². The molecule has 1 N–H and O–H groups in total. The Morgan fingerprint density at radius 3 is 2.63 bits per heavy atom. The van der Waals surface area contributed by atoms with E-state index in [0.717, 1.165) is 5.56 Å². The van der Waals surface area contributed by atoms with Crippen molar-refractivity contribution in [1.29, 1.82) is 0 Å². The normalized spacial score (nSPS) is 12.1. The summed E-state index contributed by atoms with van der Waals surface area (Å²) in [7, 11) is 0. The topological polar surface area (TPSA) is 81.4 Å². The van der Waals surface area contributed by atoms with Gasteiger partial charge < -0.3 is 4.74 Å². The third kappa shape index (κ3) is 3.76. The highest BCUT2D eigenvalue weighted by atomic mass is 35.5. The minimum atomic E-state index is -0.669. The van der Waals surface area contributed by atoms with Gasteiger partial charge in [-0.15, -0.1) is 15.3 Å². The third-order valence-electron chi connectivity index (χ3n) is 3.75. The van der Waals surface area contributed by atoms with E-state index >= 15 is 0 Å². The van der Waals surface area contributed by atoms with Crippen molar-refractivity contribution >= 4 is 38.9 Å². The first-order chi connectivity index (χ1) is 13.1. The summed E-state index contributed by atoms with van der Waals surface area (Å²) in [6.07, 6.45) is -0.669. The lowest BCUT2D eigenvalue weighted by Crippen LogP contribution is -2.30. The van der Waals surface area contributed by atoms with E-state index < -0.39 is 6.10 Å². The molecule has 0 aliphatic carbocycles. The maximum Gasteiger partial charge on any atom is 0.266 e. The van der Waals surface area contributed by atoms with Crippen molar-refractivity contribution in [2.45, 2.75) is 13.0 Å². The Morgan fingerprint density at radius 2 is 1.89 bits per heavy atom. The maximum atomic E-state index is 12.4. The standard InChI is InChI=1S/C18H14ClN5O2S/c1-11(26-14-5-3-2-4-6-14)16(25)20-17-23-24-15(21-22-18(24)27-17)12-7-9-13(19)10-8-12/h2-11H,1H3,(H,20,23,25). The number of nitrogens with one attached hydrogen (secondary N) is 1. The molecule has 0 bridgehead atoms. The highest BCUT2D eigenvalue weighted by Gasteiger charge is 2.19. The second-order valence-electron chi connectivity index (χ2n) is 5.69. The Balaban J connectivity index is 1.51. The van der Waals surface area contributed by atoms with E-state index in [9.17, 15) is 4.79 Å². The number of aromatic nitrogens is 4. The number of hydrogen-bond donors (Lipinski definition) is 1. The third-order valence-corrected chi connectivity index (χ3v) is 4.81. The van der Waals surface area contributed by atoms with Crippen LogP contribution in [0.25, 0.3) is 16.3 Å². The summed E-state index contributed by atoms with van der Waals surface area (Å²) >= 11 is 7.16. The van der Waals surface area contributed by atoms with Gasteiger partial charge in [-0.3, -0.25) is 10.1 Å². The number of amides is 1. The van der Waals surface area contributed by atoms with Crippen LogP contribution in [-0.2, 0) is 4.79 Å². The molecule has 0 radical (unpaired) electrons. The first kappa shape index (κ1) is 17.4. The maximum absolute atomic E-state index is 12.4. The molecule has 1 unspecified atom stereocenters. The van der Waals surface area contributed by atoms with E-state index in [1.54, 1.807) is 35.7 Å². The first-order valence-electron chi connectivity index (χ1n) is 8.11. The van der Waals surface area contributed by atoms with E-state index in [1.807, 2.05) is 30.3 Å². The molecule has 0 spiro atoms. The molecule has 0 aliphatic rings. The zero-order valence-electron chi connectivity index (χ0n) is 14.2. The van der Waals surface area contributed by atoms with Crippen LogP contribution >= 0.6 is 22.9 Å². The van der Waals surface area contributed by atoms with E-state index in [4.69, 9.17) is 16.3 Å². The van der Waals surface area contributed by atoms with Crippen molar-refractivity contribution in [3.05, 3.63) is 59.6 Å². The number of nitrogens with zero attached hydrogens (tertiary/aromatic N) is 4. The summed E-state index contributed by atoms with van der Waals surface area (Å²) in [4.78, 5) is 13.0. The largest absolute Gasteiger partial charge is 0.481 e. The molecule has 136 valence electrons. The van der Waals surface area contributed by atoms with Crippen LogP contribution in [0, 0.1) is 0 Å². The Hall–Kier alpha value is -2.97. The van der Waals surface area contributed by atoms with Crippen molar-refractivity contribution < 1.29 is 9.53 Å². The molecule has 0 saturated carbocycles. The van der Waals surface area contributed by atoms with Crippen molar-refractivity contribution in [2.75, 3.05) is 5.32 Å². The second-order valence-corrected chi connectivity index (χ2v) is 7.09. The SMILES string of the molecule is CC(Oc1ccccc1)C(=O)Nc1nn2c(-c3ccc(Cl)cc3)nnc2s1. The van der Waals surface area contributed by atoms with Gasteiger partial charge in [-0.25, -0.2) is 0 Å². The number of benzene rings is 2. The minimum Gasteiger partial charge on any atom is -0.481 e. The van der Waals surface area contributed by atoms with E-state index in [2.05, 4.69) is 20.6 Å². The van der Waals surface area contributed by atoms with E-state index in [1.165, 1.54) is 11.3 Å². The fourth-order valence-corrected chi connectivity index (χ4v) is 3.28. The van der Waals surface area contributed by atoms with E-state index in [-0.39, 0.29) is 5.91 Å². The molecule has 2 heterocycles. The van der Waals surface area contributed by atoms with Crippen LogP contribution < -0.4 is 10.1 Å². The van der Waals surface area contributed by atoms with Crippen LogP contribution in [0.3, 0.4) is 0 Å². The Labute approximate surface area is 163 Å². The van der Waals surface area contributed by atoms with E-state index in [0.29, 0.717) is 26.7 Å². The fourth-order valence-electron chi connectivity index (χ4n) is 2.41. The lowest BCUT2D eigenvalue weighted by Gasteiger charge is -2.13. The smallest absolute Gasteiger partial charge is 0.266 e. The van der Waals surface area contributed by atoms with Crippen LogP contribution in [0.4, 0.5) is 5.13 Å². The lowest BCUT2D eigenvalue weighted by molar-refractivity contribution is -0.122. The number of rotatable bonds is 5. The van der Waals surface area contributed by atoms with Gasteiger partial charge in [-0.05, 0) is 43.3 Å². The summed E-state index contributed by atoms with van der Waals surface area (Å²) in [6, 6.07) is 16.4. The number of carbonyl (C=O) groups is 1. The van der Waals surface area contributed by atoms with Crippen LogP contribution in [0.5, 0.6) is 5.75 Å². The molecular weight excluding hydrogens is 386 g/mol. The first-order valence-corrected chi connectivity index (χ1v) is 9.30. The number of ether oxygens (including phenoxy) is 1. The van der Waals surface area contributed by atoms with Crippen molar-refractivity contribution in [3.8, 4) is 17.1 Å². The highest BCUT2D eigenvalue weighted by Crippen LogP contribution is 2.25. The number of anilines is 1. The zero-order valence-corrected chi connectivity index (χ0v) is 15.7. The summed E-state index contributed by atoms with van der Waals surface area (Å²) in [6.45, 7) is 1.68. The number of hydrogen-bond acceptors (Lipinski definition) is 6. The summed E-state index contributed by atoms with van der Waals surface area (Å²) in [5, 5.41) is 16.5. The van der Waals surface area contributed by atoms with Gasteiger partial charge in [0.1, 0.15) is 5.75 Å². The highest BCUT2D eigenvalue weighted by molar-refractivity contribution is 7.20. The molecule has 7 nitrogen and oxygen atoms in total. The minimum absolute atomic E-state index is 0.295. The average Bonchev–Trinajstić information content (AvgIpc) is 3.23. The number of halogens is 1. The van der Waals surface area contributed by atoms with Crippen molar-refractivity contribution in [1.82, 2.24) is 19.8 Å². The molecule has 4 aromatic rings. The Bertz CT molecular complexity index is 1080. The average molecular weight is 400 g/mol. The number of para-hydroxylation sites is 1. The molecule has 4 rings (SSSR count). The molecule has 9 heteroatoms. The molecule has 27 heavy (non-hydrogen) atoms. The summed E-state index contributed by atoms with van der Waals surface area (Å²) in [5.41, 5.74) is 0.829. The molecule has 2 aromatic carbocycles. The molecule has 0 saturated heterocycles. The predicted molar refractivity (Wildman–Crippen MR) is 104 cm³/mol. The van der Waals surface area contributed by atoms with Gasteiger partial charge >= 0.3 is 0 Å². The number of carbonyl (C=O) groups excluding carboxylic acids is 1. The Morgan fingerprint density at radius 1 is 1.15 bits per heavy atom. The van der Waals surface area contributed by atoms with Gasteiger partial charge in [0.05, 0.1) is 0 Å². The number of fused-ring (bicyclic) bond motifs is 1. The molecule has 1 atom stereocenters. The summed E-state index contributed by atoms with van der Waals surface area (Å²) < 4.78 is 7.22. The van der Waals surface area contributed by atoms with Crippen molar-refractivity contribution in [3.63, 3.8) is 0 Å². The quantitative estimate of drug-likeness (QED) is 0.550. The Kier molecular flexibility index (Phi) is 4.74. The molecular formula is C18H14ClN5O2S. The fraction of sp³-hybridized carbons (Fsp3) is 0.111. The zero-order chi connectivity index (χ0) is 18.8. The molecule has 0 fully saturated rings. The van der Waals surface area contributed by atoms with Gasteiger partial charge in [0.15, 0.2) is 11.9 Å². The van der Waals surface area contributed by atoms with Crippen LogP contribution in [0.1, 0.15) is 6.92 Å². The molecule has 1 amide bonds. The monoisotopic (exact) mass is 399 g/mol.